The number of carbonyl (C=O) groups excluding carboxylic acids is 2. The molecule has 4 nitrogen and oxygen atoms in total. The average molecular weight is 330 g/mol. The molecule has 0 aromatic heterocycles. The van der Waals surface area contributed by atoms with Gasteiger partial charge in [0.05, 0.1) is 0 Å². The molecule has 4 fully saturated rings. The Bertz CT molecular complexity index is 506. The van der Waals surface area contributed by atoms with Gasteiger partial charge in [-0.25, -0.2) is 0 Å². The molecule has 0 radical (unpaired) electrons. The van der Waals surface area contributed by atoms with Crippen LogP contribution < -0.4 is 0 Å². The zero-order valence-corrected chi connectivity index (χ0v) is 14.7. The van der Waals surface area contributed by atoms with E-state index in [4.69, 9.17) is 0 Å². The topological polar surface area (TPSA) is 40.6 Å². The second-order valence-electron chi connectivity index (χ2n) is 8.18. The predicted molar refractivity (Wildman–Crippen MR) is 93.3 cm³/mol. The van der Waals surface area contributed by atoms with Crippen molar-refractivity contribution in [1.82, 2.24) is 9.80 Å². The molecule has 0 spiro atoms. The van der Waals surface area contributed by atoms with Gasteiger partial charge in [-0.05, 0) is 69.6 Å². The molecule has 0 bridgehead atoms. The van der Waals surface area contributed by atoms with Crippen LogP contribution in [0.1, 0.15) is 57.8 Å². The first kappa shape index (κ1) is 16.2. The summed E-state index contributed by atoms with van der Waals surface area (Å²) >= 11 is 0. The maximum Gasteiger partial charge on any atom is 0.246 e. The fraction of sp³-hybridized carbons (Fsp3) is 0.800. The minimum absolute atomic E-state index is 0.141. The largest absolute Gasteiger partial charge is 0.342 e. The number of hydrogen-bond donors (Lipinski definition) is 0. The van der Waals surface area contributed by atoms with Crippen LogP contribution in [-0.4, -0.2) is 47.8 Å². The number of piperidine rings is 2. The van der Waals surface area contributed by atoms with E-state index in [2.05, 4.69) is 4.90 Å². The van der Waals surface area contributed by atoms with E-state index in [1.54, 1.807) is 0 Å². The fourth-order valence-corrected chi connectivity index (χ4v) is 4.36. The molecule has 0 N–H and O–H groups in total. The number of rotatable bonds is 4. The molecule has 0 aromatic carbocycles. The molecule has 0 unspecified atom stereocenters. The van der Waals surface area contributed by atoms with Gasteiger partial charge in [-0.2, -0.15) is 0 Å². The minimum atomic E-state index is 0.141. The highest BCUT2D eigenvalue weighted by Crippen LogP contribution is 2.48. The van der Waals surface area contributed by atoms with Crippen LogP contribution in [-0.2, 0) is 9.59 Å². The normalized spacial score (nSPS) is 25.5. The molecule has 4 rings (SSSR count). The highest BCUT2D eigenvalue weighted by molar-refractivity contribution is 5.89. The molecular formula is C20H30N2O2. The maximum atomic E-state index is 12.6. The third-order valence-electron chi connectivity index (χ3n) is 6.21. The number of amides is 2. The van der Waals surface area contributed by atoms with Crippen molar-refractivity contribution >= 4 is 11.8 Å². The van der Waals surface area contributed by atoms with Crippen LogP contribution in [0.15, 0.2) is 11.6 Å². The number of carbonyl (C=O) groups is 2. The Hall–Kier alpha value is -1.32. The lowest BCUT2D eigenvalue weighted by Crippen LogP contribution is -2.45. The smallest absolute Gasteiger partial charge is 0.246 e. The van der Waals surface area contributed by atoms with E-state index in [1.165, 1.54) is 37.7 Å². The van der Waals surface area contributed by atoms with Crippen molar-refractivity contribution in [3.05, 3.63) is 11.6 Å². The number of nitrogens with zero attached hydrogens (tertiary/aromatic N) is 2. The van der Waals surface area contributed by atoms with Crippen LogP contribution in [0.2, 0.25) is 0 Å². The molecule has 132 valence electrons. The Labute approximate surface area is 145 Å². The van der Waals surface area contributed by atoms with Gasteiger partial charge in [0.2, 0.25) is 11.8 Å². The number of likely N-dealkylation sites (tertiary alicyclic amines) is 2. The van der Waals surface area contributed by atoms with Crippen LogP contribution in [0.4, 0.5) is 0 Å². The molecule has 24 heavy (non-hydrogen) atoms. The van der Waals surface area contributed by atoms with Crippen molar-refractivity contribution in [2.75, 3.05) is 26.2 Å². The maximum absolute atomic E-state index is 12.6. The summed E-state index contributed by atoms with van der Waals surface area (Å²) in [5.74, 6) is 2.10. The summed E-state index contributed by atoms with van der Waals surface area (Å²) < 4.78 is 0. The summed E-state index contributed by atoms with van der Waals surface area (Å²) in [6.45, 7) is 3.38. The Morgan fingerprint density at radius 3 is 1.79 bits per heavy atom. The van der Waals surface area contributed by atoms with E-state index in [9.17, 15) is 9.59 Å². The Kier molecular flexibility index (Phi) is 4.64. The summed E-state index contributed by atoms with van der Waals surface area (Å²) in [5, 5.41) is 0. The summed E-state index contributed by atoms with van der Waals surface area (Å²) in [7, 11) is 0. The van der Waals surface area contributed by atoms with Crippen LogP contribution in [0, 0.1) is 17.8 Å². The van der Waals surface area contributed by atoms with Gasteiger partial charge in [-0.1, -0.05) is 5.57 Å². The van der Waals surface area contributed by atoms with E-state index >= 15 is 0 Å². The monoisotopic (exact) mass is 330 g/mol. The van der Waals surface area contributed by atoms with E-state index in [0.717, 1.165) is 51.9 Å². The molecule has 2 aliphatic heterocycles. The summed E-state index contributed by atoms with van der Waals surface area (Å²) in [4.78, 5) is 29.3. The molecule has 2 saturated heterocycles. The quantitative estimate of drug-likeness (QED) is 0.744. The van der Waals surface area contributed by atoms with Crippen LogP contribution in [0.25, 0.3) is 0 Å². The zero-order valence-electron chi connectivity index (χ0n) is 14.7. The summed E-state index contributed by atoms with van der Waals surface area (Å²) in [5.41, 5.74) is 1.44. The molecule has 2 amide bonds. The highest BCUT2D eigenvalue weighted by atomic mass is 16.2. The number of hydrogen-bond acceptors (Lipinski definition) is 2. The number of allylic oxidation sites excluding steroid dienone is 1. The van der Waals surface area contributed by atoms with Gasteiger partial charge in [-0.15, -0.1) is 0 Å². The lowest BCUT2D eigenvalue weighted by atomic mass is 9.94. The first-order valence-electron chi connectivity index (χ1n) is 10.0. The highest BCUT2D eigenvalue weighted by Gasteiger charge is 2.37. The zero-order chi connectivity index (χ0) is 16.5. The summed E-state index contributed by atoms with van der Waals surface area (Å²) in [6, 6.07) is 0. The van der Waals surface area contributed by atoms with Crippen LogP contribution in [0.5, 0.6) is 0 Å². The second kappa shape index (κ2) is 6.89. The molecule has 4 aliphatic rings. The van der Waals surface area contributed by atoms with Gasteiger partial charge in [0.15, 0.2) is 0 Å². The average Bonchev–Trinajstić information content (AvgIpc) is 3.53. The van der Waals surface area contributed by atoms with E-state index in [-0.39, 0.29) is 11.8 Å². The molecular weight excluding hydrogens is 300 g/mol. The van der Waals surface area contributed by atoms with Gasteiger partial charge < -0.3 is 9.80 Å². The molecule has 0 aromatic rings. The van der Waals surface area contributed by atoms with Gasteiger partial charge in [0.1, 0.15) is 0 Å². The Balaban J connectivity index is 1.30. The second-order valence-corrected chi connectivity index (χ2v) is 8.18. The molecule has 2 aliphatic carbocycles. The van der Waals surface area contributed by atoms with Gasteiger partial charge in [0, 0.05) is 38.2 Å². The van der Waals surface area contributed by atoms with E-state index < -0.39 is 0 Å². The van der Waals surface area contributed by atoms with Crippen molar-refractivity contribution in [2.24, 2.45) is 17.8 Å². The van der Waals surface area contributed by atoms with E-state index in [1.807, 2.05) is 11.0 Å². The van der Waals surface area contributed by atoms with Crippen molar-refractivity contribution in [1.29, 1.82) is 0 Å². The first-order chi connectivity index (χ1) is 11.7. The third kappa shape index (κ3) is 3.68. The lowest BCUT2D eigenvalue weighted by Gasteiger charge is -2.35. The van der Waals surface area contributed by atoms with Gasteiger partial charge in [0.25, 0.3) is 0 Å². The Morgan fingerprint density at radius 2 is 1.25 bits per heavy atom. The van der Waals surface area contributed by atoms with E-state index in [0.29, 0.717) is 17.7 Å². The van der Waals surface area contributed by atoms with Crippen molar-refractivity contribution < 1.29 is 9.59 Å². The summed E-state index contributed by atoms with van der Waals surface area (Å²) in [6.07, 6.45) is 12.3. The lowest BCUT2D eigenvalue weighted by molar-refractivity contribution is -0.140. The Morgan fingerprint density at radius 1 is 0.667 bits per heavy atom. The standard InChI is InChI=1S/C20H30N2O2/c23-19(14-18(15-4-5-15)16-6-7-16)21-12-8-17(9-13-21)20(24)22-10-2-1-3-11-22/h14-17H,1-13H2. The molecule has 2 heterocycles. The van der Waals surface area contributed by atoms with Crippen molar-refractivity contribution in [3.63, 3.8) is 0 Å². The van der Waals surface area contributed by atoms with Crippen LogP contribution >= 0.6 is 0 Å². The van der Waals surface area contributed by atoms with Crippen LogP contribution in [0.3, 0.4) is 0 Å². The van der Waals surface area contributed by atoms with Gasteiger partial charge >= 0.3 is 0 Å². The SMILES string of the molecule is O=C(C=C(C1CC1)C1CC1)N1CCC(C(=O)N2CCCCC2)CC1. The fourth-order valence-electron chi connectivity index (χ4n) is 4.36. The van der Waals surface area contributed by atoms with Gasteiger partial charge in [-0.3, -0.25) is 9.59 Å². The first-order valence-corrected chi connectivity index (χ1v) is 10.0. The third-order valence-corrected chi connectivity index (χ3v) is 6.21. The van der Waals surface area contributed by atoms with Crippen molar-refractivity contribution in [2.45, 2.75) is 57.8 Å². The molecule has 0 atom stereocenters. The molecule has 4 heteroatoms. The molecule has 2 saturated carbocycles. The predicted octanol–water partition coefficient (Wildman–Crippen LogP) is 2.98. The minimum Gasteiger partial charge on any atom is -0.342 e. The van der Waals surface area contributed by atoms with Crippen molar-refractivity contribution in [3.8, 4) is 0 Å².